The first-order valence-electron chi connectivity index (χ1n) is 8.63. The first-order valence-corrected chi connectivity index (χ1v) is 8.63. The summed E-state index contributed by atoms with van der Waals surface area (Å²) in [6.45, 7) is 5.72. The van der Waals surface area contributed by atoms with Crippen LogP contribution in [0.3, 0.4) is 0 Å². The van der Waals surface area contributed by atoms with E-state index in [4.69, 9.17) is 9.47 Å². The maximum atomic E-state index is 12.9. The Morgan fingerprint density at radius 2 is 1.37 bits per heavy atom. The zero-order chi connectivity index (χ0) is 19.8. The van der Waals surface area contributed by atoms with E-state index >= 15 is 0 Å². The highest BCUT2D eigenvalue weighted by atomic mass is 16.5. The number of hydrogen-bond donors (Lipinski definition) is 0. The molecule has 0 saturated heterocycles. The zero-order valence-electron chi connectivity index (χ0n) is 15.6. The van der Waals surface area contributed by atoms with Crippen LogP contribution in [0.5, 0.6) is 0 Å². The van der Waals surface area contributed by atoms with Gasteiger partial charge < -0.3 is 9.47 Å². The molecule has 0 aromatic heterocycles. The number of ketones is 1. The molecule has 2 rings (SSSR count). The van der Waals surface area contributed by atoms with Crippen LogP contribution in [-0.2, 0) is 19.1 Å². The van der Waals surface area contributed by atoms with Gasteiger partial charge in [0.2, 0.25) is 5.78 Å². The van der Waals surface area contributed by atoms with E-state index in [1.807, 2.05) is 38.1 Å². The van der Waals surface area contributed by atoms with Crippen LogP contribution in [-0.4, -0.2) is 24.3 Å². The Labute approximate surface area is 158 Å². The van der Waals surface area contributed by atoms with Crippen molar-refractivity contribution in [2.45, 2.75) is 26.9 Å². The van der Waals surface area contributed by atoms with Gasteiger partial charge in [0, 0.05) is 23.3 Å². The van der Waals surface area contributed by atoms with Gasteiger partial charge in [-0.3, -0.25) is 4.79 Å². The van der Waals surface area contributed by atoms with E-state index in [9.17, 15) is 14.4 Å². The fourth-order valence-electron chi connectivity index (χ4n) is 2.37. The van der Waals surface area contributed by atoms with Crippen molar-refractivity contribution in [1.82, 2.24) is 0 Å². The van der Waals surface area contributed by atoms with Gasteiger partial charge in [0.15, 0.2) is 6.10 Å². The second-order valence-electron chi connectivity index (χ2n) is 6.04. The van der Waals surface area contributed by atoms with E-state index in [1.54, 1.807) is 31.2 Å². The predicted octanol–water partition coefficient (Wildman–Crippen LogP) is 3.89. The van der Waals surface area contributed by atoms with Crippen LogP contribution in [0.15, 0.2) is 60.7 Å². The Kier molecular flexibility index (Phi) is 7.06. The van der Waals surface area contributed by atoms with E-state index in [-0.39, 0.29) is 12.4 Å². The summed E-state index contributed by atoms with van der Waals surface area (Å²) in [6, 6.07) is 14.2. The summed E-state index contributed by atoms with van der Waals surface area (Å²) in [5, 5.41) is 0. The molecule has 0 amide bonds. The molecular formula is C22H22O5. The molecule has 5 nitrogen and oxygen atoms in total. The monoisotopic (exact) mass is 366 g/mol. The Morgan fingerprint density at radius 1 is 0.852 bits per heavy atom. The minimum absolute atomic E-state index is 0.204. The van der Waals surface area contributed by atoms with Gasteiger partial charge in [0.1, 0.15) is 0 Å². The van der Waals surface area contributed by atoms with Gasteiger partial charge in [0.05, 0.1) is 6.61 Å². The molecule has 0 aliphatic carbocycles. The zero-order valence-corrected chi connectivity index (χ0v) is 15.6. The van der Waals surface area contributed by atoms with E-state index < -0.39 is 18.0 Å². The topological polar surface area (TPSA) is 69.7 Å². The summed E-state index contributed by atoms with van der Waals surface area (Å²) < 4.78 is 10.1. The van der Waals surface area contributed by atoms with Crippen molar-refractivity contribution in [3.05, 3.63) is 82.9 Å². The molecule has 0 unspecified atom stereocenters. The molecule has 27 heavy (non-hydrogen) atoms. The highest BCUT2D eigenvalue weighted by molar-refractivity contribution is 6.02. The lowest BCUT2D eigenvalue weighted by atomic mass is 9.98. The molecule has 0 fully saturated rings. The molecule has 0 N–H and O–H groups in total. The number of rotatable bonds is 7. The third-order valence-electron chi connectivity index (χ3n) is 3.83. The van der Waals surface area contributed by atoms with Crippen LogP contribution in [0.2, 0.25) is 0 Å². The van der Waals surface area contributed by atoms with Crippen LogP contribution in [0.25, 0.3) is 0 Å². The lowest BCUT2D eigenvalue weighted by molar-refractivity contribution is -0.142. The molecule has 0 aliphatic rings. The highest BCUT2D eigenvalue weighted by Crippen LogP contribution is 2.24. The fraction of sp³-hybridized carbons (Fsp3) is 0.227. The molecule has 0 heterocycles. The lowest BCUT2D eigenvalue weighted by Crippen LogP contribution is -2.19. The van der Waals surface area contributed by atoms with Gasteiger partial charge in [-0.2, -0.15) is 0 Å². The molecular weight excluding hydrogens is 344 g/mol. The molecule has 0 bridgehead atoms. The number of hydrogen-bond acceptors (Lipinski definition) is 5. The van der Waals surface area contributed by atoms with Gasteiger partial charge in [-0.05, 0) is 20.8 Å². The fourth-order valence-corrected chi connectivity index (χ4v) is 2.37. The van der Waals surface area contributed by atoms with Gasteiger partial charge in [-0.15, -0.1) is 0 Å². The Bertz CT molecular complexity index is 832. The number of carbonyl (C=O) groups is 3. The summed E-state index contributed by atoms with van der Waals surface area (Å²) >= 11 is 0. The maximum Gasteiger partial charge on any atom is 0.332 e. The van der Waals surface area contributed by atoms with Crippen LogP contribution in [0.1, 0.15) is 40.1 Å². The van der Waals surface area contributed by atoms with Crippen molar-refractivity contribution in [3.8, 4) is 0 Å². The Balaban J connectivity index is 2.25. The van der Waals surface area contributed by atoms with E-state index in [2.05, 4.69) is 0 Å². The van der Waals surface area contributed by atoms with Crippen molar-refractivity contribution in [2.24, 2.45) is 0 Å². The number of esters is 2. The summed E-state index contributed by atoms with van der Waals surface area (Å²) in [5.74, 6) is -1.78. The second kappa shape index (κ2) is 9.48. The van der Waals surface area contributed by atoms with Gasteiger partial charge in [-0.1, -0.05) is 59.7 Å². The molecule has 5 heteroatoms. The normalized spacial score (nSPS) is 11.8. The number of benzene rings is 2. The van der Waals surface area contributed by atoms with Crippen molar-refractivity contribution in [2.75, 3.05) is 6.61 Å². The van der Waals surface area contributed by atoms with E-state index in [0.29, 0.717) is 11.1 Å². The lowest BCUT2D eigenvalue weighted by Gasteiger charge is -2.17. The van der Waals surface area contributed by atoms with Gasteiger partial charge in [0.25, 0.3) is 0 Å². The summed E-state index contributed by atoms with van der Waals surface area (Å²) in [4.78, 5) is 36.4. The van der Waals surface area contributed by atoms with Gasteiger partial charge in [-0.25, -0.2) is 9.59 Å². The smallest absolute Gasteiger partial charge is 0.332 e. The molecule has 2 aromatic carbocycles. The average Bonchev–Trinajstić information content (AvgIpc) is 2.65. The number of aryl methyl sites for hydroxylation is 2. The molecule has 0 aliphatic heterocycles. The van der Waals surface area contributed by atoms with Crippen LogP contribution < -0.4 is 0 Å². The summed E-state index contributed by atoms with van der Waals surface area (Å²) in [6.07, 6.45) is 0.836. The SMILES string of the molecule is CCOC(=O)/C=C/C(=O)O[C@@H](C(=O)c1ccc(C)cc1)c1ccc(C)cc1. The van der Waals surface area contributed by atoms with E-state index in [1.165, 1.54) is 0 Å². The van der Waals surface area contributed by atoms with Crippen LogP contribution >= 0.6 is 0 Å². The summed E-state index contributed by atoms with van der Waals surface area (Å²) in [5.41, 5.74) is 3.04. The molecule has 0 saturated carbocycles. The highest BCUT2D eigenvalue weighted by Gasteiger charge is 2.25. The molecule has 140 valence electrons. The van der Waals surface area contributed by atoms with Crippen molar-refractivity contribution in [3.63, 3.8) is 0 Å². The number of carbonyl (C=O) groups excluding carboxylic acids is 3. The molecule has 0 radical (unpaired) electrons. The number of ether oxygens (including phenoxy) is 2. The standard InChI is InChI=1S/C22H22O5/c1-4-26-19(23)13-14-20(24)27-22(18-11-7-16(3)8-12-18)21(25)17-9-5-15(2)6-10-17/h5-14,22H,4H2,1-3H3/b14-13+/t22-/m1/s1. The largest absolute Gasteiger partial charge is 0.463 e. The van der Waals surface area contributed by atoms with E-state index in [0.717, 1.165) is 23.3 Å². The van der Waals surface area contributed by atoms with Crippen molar-refractivity contribution < 1.29 is 23.9 Å². The molecule has 0 spiro atoms. The minimum Gasteiger partial charge on any atom is -0.463 e. The minimum atomic E-state index is -1.10. The maximum absolute atomic E-state index is 12.9. The van der Waals surface area contributed by atoms with Crippen molar-refractivity contribution in [1.29, 1.82) is 0 Å². The van der Waals surface area contributed by atoms with Gasteiger partial charge >= 0.3 is 11.9 Å². The third-order valence-corrected chi connectivity index (χ3v) is 3.83. The third kappa shape index (κ3) is 5.92. The first-order chi connectivity index (χ1) is 12.9. The Morgan fingerprint density at radius 3 is 1.93 bits per heavy atom. The average molecular weight is 366 g/mol. The quantitative estimate of drug-likeness (QED) is 0.422. The summed E-state index contributed by atoms with van der Waals surface area (Å²) in [7, 11) is 0. The molecule has 2 aromatic rings. The predicted molar refractivity (Wildman–Crippen MR) is 101 cm³/mol. The first kappa shape index (κ1) is 20.1. The molecule has 1 atom stereocenters. The van der Waals surface area contributed by atoms with Crippen LogP contribution in [0, 0.1) is 13.8 Å². The number of Topliss-reactive ketones (excluding diaryl/α,β-unsaturated/α-hetero) is 1. The second-order valence-corrected chi connectivity index (χ2v) is 6.04. The Hall–Kier alpha value is -3.21. The van der Waals surface area contributed by atoms with Crippen molar-refractivity contribution >= 4 is 17.7 Å². The van der Waals surface area contributed by atoms with Crippen LogP contribution in [0.4, 0.5) is 0 Å².